The van der Waals surface area contributed by atoms with Crippen LogP contribution in [0.2, 0.25) is 0 Å². The Labute approximate surface area is 174 Å². The number of aliphatic hydroxyl groups is 1. The second-order valence-corrected chi connectivity index (χ2v) is 8.43. The molecule has 3 rings (SSSR count). The van der Waals surface area contributed by atoms with Gasteiger partial charge in [0.2, 0.25) is 5.91 Å². The first-order chi connectivity index (χ1) is 13.7. The highest BCUT2D eigenvalue weighted by Gasteiger charge is 2.60. The van der Waals surface area contributed by atoms with Crippen molar-refractivity contribution in [3.63, 3.8) is 0 Å². The summed E-state index contributed by atoms with van der Waals surface area (Å²) in [5.74, 6) is -2.50. The van der Waals surface area contributed by atoms with Gasteiger partial charge in [-0.3, -0.25) is 9.59 Å². The highest BCUT2D eigenvalue weighted by molar-refractivity contribution is 8.03. The molecule has 29 heavy (non-hydrogen) atoms. The lowest BCUT2D eigenvalue weighted by atomic mass is 9.79. The third kappa shape index (κ3) is 3.44. The van der Waals surface area contributed by atoms with Gasteiger partial charge in [0.15, 0.2) is 0 Å². The summed E-state index contributed by atoms with van der Waals surface area (Å²) in [5, 5.41) is 19.8. The molecule has 3 unspecified atom stereocenters. The number of fused-ring (bicyclic) bond motifs is 1. The van der Waals surface area contributed by atoms with Crippen LogP contribution >= 0.6 is 11.8 Å². The summed E-state index contributed by atoms with van der Waals surface area (Å²) in [6.07, 6.45) is -0.845. The van der Waals surface area contributed by atoms with Crippen LogP contribution in [0.4, 0.5) is 0 Å². The Kier molecular flexibility index (Phi) is 6.05. The third-order valence-electron chi connectivity index (χ3n) is 5.70. The SMILES string of the molecule is CCN(CC)C(=O)c1ccccc1SC1=C(C(=O)O)N2C(=O)C(C(C)O)[C@@H]2C1C. The van der Waals surface area contributed by atoms with Crippen LogP contribution in [0.3, 0.4) is 0 Å². The molecule has 156 valence electrons. The predicted octanol–water partition coefficient (Wildman–Crippen LogP) is 2.41. The van der Waals surface area contributed by atoms with Crippen molar-refractivity contribution >= 4 is 29.5 Å². The molecule has 2 amide bonds. The number of hydrogen-bond acceptors (Lipinski definition) is 5. The van der Waals surface area contributed by atoms with Crippen LogP contribution in [0.15, 0.2) is 39.8 Å². The predicted molar refractivity (Wildman–Crippen MR) is 109 cm³/mol. The van der Waals surface area contributed by atoms with Gasteiger partial charge in [-0.25, -0.2) is 4.79 Å². The molecule has 4 atom stereocenters. The maximum absolute atomic E-state index is 12.9. The van der Waals surface area contributed by atoms with Crippen molar-refractivity contribution in [1.82, 2.24) is 9.80 Å². The summed E-state index contributed by atoms with van der Waals surface area (Å²) in [5.41, 5.74) is 0.470. The van der Waals surface area contributed by atoms with E-state index >= 15 is 0 Å². The molecule has 7 nitrogen and oxygen atoms in total. The van der Waals surface area contributed by atoms with Gasteiger partial charge < -0.3 is 20.0 Å². The molecule has 2 N–H and O–H groups in total. The first-order valence-corrected chi connectivity index (χ1v) is 10.6. The molecule has 2 aliphatic rings. The van der Waals surface area contributed by atoms with Crippen LogP contribution in [0.1, 0.15) is 38.1 Å². The number of aliphatic hydroxyl groups excluding tert-OH is 1. The van der Waals surface area contributed by atoms with Crippen molar-refractivity contribution in [3.8, 4) is 0 Å². The molecule has 0 aliphatic carbocycles. The minimum Gasteiger partial charge on any atom is -0.477 e. The van der Waals surface area contributed by atoms with E-state index in [9.17, 15) is 24.6 Å². The molecular formula is C21H26N2O5S. The zero-order valence-electron chi connectivity index (χ0n) is 17.0. The highest BCUT2D eigenvalue weighted by atomic mass is 32.2. The average molecular weight is 419 g/mol. The molecule has 1 aromatic carbocycles. The number of carboxylic acids is 1. The van der Waals surface area contributed by atoms with E-state index in [2.05, 4.69) is 0 Å². The van der Waals surface area contributed by atoms with Crippen molar-refractivity contribution in [1.29, 1.82) is 0 Å². The van der Waals surface area contributed by atoms with E-state index in [-0.39, 0.29) is 29.5 Å². The van der Waals surface area contributed by atoms with Gasteiger partial charge in [-0.15, -0.1) is 0 Å². The fraction of sp³-hybridized carbons (Fsp3) is 0.476. The first-order valence-electron chi connectivity index (χ1n) is 9.79. The molecule has 1 saturated heterocycles. The van der Waals surface area contributed by atoms with Crippen molar-refractivity contribution in [2.75, 3.05) is 13.1 Å². The van der Waals surface area contributed by atoms with E-state index in [0.29, 0.717) is 28.5 Å². The lowest BCUT2D eigenvalue weighted by molar-refractivity contribution is -0.163. The Morgan fingerprint density at radius 3 is 2.41 bits per heavy atom. The minimum atomic E-state index is -1.17. The number of carboxylic acid groups (broad SMARTS) is 1. The van der Waals surface area contributed by atoms with Gasteiger partial charge in [-0.2, -0.15) is 0 Å². The zero-order chi connectivity index (χ0) is 21.5. The highest BCUT2D eigenvalue weighted by Crippen LogP contribution is 2.52. The zero-order valence-corrected chi connectivity index (χ0v) is 17.8. The van der Waals surface area contributed by atoms with E-state index in [1.807, 2.05) is 20.8 Å². The molecule has 8 heteroatoms. The van der Waals surface area contributed by atoms with E-state index in [0.717, 1.165) is 0 Å². The van der Waals surface area contributed by atoms with Crippen molar-refractivity contribution in [2.24, 2.45) is 11.8 Å². The van der Waals surface area contributed by atoms with Crippen LogP contribution in [0.5, 0.6) is 0 Å². The molecule has 0 spiro atoms. The van der Waals surface area contributed by atoms with Gasteiger partial charge in [-0.05, 0) is 32.9 Å². The van der Waals surface area contributed by atoms with Crippen molar-refractivity contribution < 1.29 is 24.6 Å². The summed E-state index contributed by atoms with van der Waals surface area (Å²) in [6.45, 7) is 8.40. The topological polar surface area (TPSA) is 98.2 Å². The van der Waals surface area contributed by atoms with Gasteiger partial charge in [0.05, 0.1) is 23.6 Å². The Morgan fingerprint density at radius 1 is 1.24 bits per heavy atom. The summed E-state index contributed by atoms with van der Waals surface area (Å²) in [7, 11) is 0. The van der Waals surface area contributed by atoms with Crippen molar-refractivity contribution in [3.05, 3.63) is 40.4 Å². The van der Waals surface area contributed by atoms with Gasteiger partial charge in [0.25, 0.3) is 5.91 Å². The third-order valence-corrected chi connectivity index (χ3v) is 7.06. The van der Waals surface area contributed by atoms with Crippen LogP contribution in [-0.4, -0.2) is 63.0 Å². The quantitative estimate of drug-likeness (QED) is 0.660. The molecule has 2 heterocycles. The average Bonchev–Trinajstić information content (AvgIpc) is 2.91. The van der Waals surface area contributed by atoms with Crippen LogP contribution in [-0.2, 0) is 9.59 Å². The maximum atomic E-state index is 12.9. The van der Waals surface area contributed by atoms with E-state index in [4.69, 9.17) is 0 Å². The first kappa shape index (κ1) is 21.4. The number of carbonyl (C=O) groups excluding carboxylic acids is 2. The molecule has 1 fully saturated rings. The Hall–Kier alpha value is -2.32. The lowest BCUT2D eigenvalue weighted by Crippen LogP contribution is -2.63. The maximum Gasteiger partial charge on any atom is 0.353 e. The minimum absolute atomic E-state index is 0.0421. The van der Waals surface area contributed by atoms with Crippen LogP contribution in [0.25, 0.3) is 0 Å². The Balaban J connectivity index is 2.00. The molecule has 1 aromatic rings. The van der Waals surface area contributed by atoms with Crippen molar-refractivity contribution in [2.45, 2.75) is 44.7 Å². The molecular weight excluding hydrogens is 392 g/mol. The number of carbonyl (C=O) groups is 3. The molecule has 0 radical (unpaired) electrons. The normalized spacial score (nSPS) is 24.2. The van der Waals surface area contributed by atoms with Crippen LogP contribution in [0, 0.1) is 11.8 Å². The fourth-order valence-electron chi connectivity index (χ4n) is 4.19. The second-order valence-electron chi connectivity index (χ2n) is 7.35. The Bertz CT molecular complexity index is 878. The monoisotopic (exact) mass is 418 g/mol. The number of hydrogen-bond donors (Lipinski definition) is 2. The standard InChI is InChI=1S/C21H26N2O5S/c1-5-22(6-2)19(25)13-9-7-8-10-14(13)29-18-11(3)16-15(12(4)24)20(26)23(16)17(18)21(27)28/h7-12,15-16,24H,5-6H2,1-4H3,(H,27,28)/t11?,12?,15?,16-/m0/s1. The fourth-order valence-corrected chi connectivity index (χ4v) is 5.45. The number of aliphatic carboxylic acids is 1. The summed E-state index contributed by atoms with van der Waals surface area (Å²) >= 11 is 1.23. The van der Waals surface area contributed by atoms with Crippen LogP contribution < -0.4 is 0 Å². The van der Waals surface area contributed by atoms with Gasteiger partial charge in [-0.1, -0.05) is 30.8 Å². The van der Waals surface area contributed by atoms with Gasteiger partial charge in [0, 0.05) is 28.8 Å². The molecule has 0 saturated carbocycles. The summed E-state index contributed by atoms with van der Waals surface area (Å²) < 4.78 is 0. The number of benzene rings is 1. The van der Waals surface area contributed by atoms with E-state index in [1.165, 1.54) is 16.7 Å². The lowest BCUT2D eigenvalue weighted by Gasteiger charge is -2.46. The second kappa shape index (κ2) is 8.20. The number of thioether (sulfide) groups is 1. The summed E-state index contributed by atoms with van der Waals surface area (Å²) in [4.78, 5) is 41.6. The number of amides is 2. The molecule has 0 aromatic heterocycles. The van der Waals surface area contributed by atoms with E-state index in [1.54, 1.807) is 36.1 Å². The number of nitrogens with zero attached hydrogens (tertiary/aromatic N) is 2. The van der Waals surface area contributed by atoms with E-state index < -0.39 is 18.0 Å². The number of rotatable bonds is 7. The largest absolute Gasteiger partial charge is 0.477 e. The molecule has 0 bridgehead atoms. The van der Waals surface area contributed by atoms with Gasteiger partial charge >= 0.3 is 5.97 Å². The molecule has 2 aliphatic heterocycles. The smallest absolute Gasteiger partial charge is 0.353 e. The summed E-state index contributed by atoms with van der Waals surface area (Å²) in [6, 6.07) is 6.75. The number of β-lactam (4-membered cyclic amide) rings is 1. The van der Waals surface area contributed by atoms with Gasteiger partial charge in [0.1, 0.15) is 5.70 Å². The Morgan fingerprint density at radius 2 is 1.86 bits per heavy atom.